The Balaban J connectivity index is 0. The van der Waals surface area contributed by atoms with Gasteiger partial charge < -0.3 is 28.6 Å². The molecule has 3 N–H and O–H groups in total. The number of benzene rings is 1. The van der Waals surface area contributed by atoms with Crippen molar-refractivity contribution in [3.05, 3.63) is 86.2 Å². The number of carboxylic acids is 2. The second kappa shape index (κ2) is 22.2. The van der Waals surface area contributed by atoms with Crippen molar-refractivity contribution in [2.75, 3.05) is 11.3 Å². The standard InChI is InChI=1S/C20H24N6O6S.3CO.Re/c27-19(28)13-25-9-6-21-17(25)11-24(12-18-22-7-10-26(18)14-20(29)30)8-5-15-1-3-16(4-2-15)23-33(31)32;3*1-2;/h1-4,6-7,9-10,23H,5,8,11-14H2,(H,27,28)(H,29,30)(H,31,32);;;;/p-1. The summed E-state index contributed by atoms with van der Waals surface area (Å²) < 4.78 is 49.4. The number of hydrogen-bond donors (Lipinski definition) is 3. The smallest absolute Gasteiger partial charge is 0 e. The molecule has 0 fully saturated rings. The summed E-state index contributed by atoms with van der Waals surface area (Å²) in [5.74, 6) is -0.839. The maximum absolute atomic E-state index is 11.1. The van der Waals surface area contributed by atoms with E-state index in [9.17, 15) is 18.4 Å². The Labute approximate surface area is 245 Å². The van der Waals surface area contributed by atoms with Gasteiger partial charge in [-0.25, -0.2) is 9.97 Å². The second-order valence-corrected chi connectivity index (χ2v) is 7.90. The molecule has 0 aliphatic rings. The minimum absolute atomic E-state index is 0. The number of rotatable bonds is 13. The van der Waals surface area contributed by atoms with Gasteiger partial charge in [0.25, 0.3) is 0 Å². The molecule has 1 unspecified atom stereocenters. The predicted molar refractivity (Wildman–Crippen MR) is 128 cm³/mol. The van der Waals surface area contributed by atoms with Gasteiger partial charge in [0.2, 0.25) is 0 Å². The van der Waals surface area contributed by atoms with Crippen LogP contribution in [-0.4, -0.2) is 61.5 Å². The Bertz CT molecular complexity index is 1190. The SMILES string of the molecule is O=C(O)Cn1ccnc1CN(CCc1ccc(NS(=O)[O-])cc1)Cc1nccn1CC(=O)O.[C-]#[O+].[C-]#[O+].[C-]#[O+].[Re]. The van der Waals surface area contributed by atoms with E-state index in [4.69, 9.17) is 24.2 Å². The third kappa shape index (κ3) is 14.5. The maximum Gasteiger partial charge on any atom is 0 e. The summed E-state index contributed by atoms with van der Waals surface area (Å²) in [5, 5.41) is 18.3. The van der Waals surface area contributed by atoms with Crippen LogP contribution in [0.25, 0.3) is 0 Å². The minimum atomic E-state index is -2.40. The van der Waals surface area contributed by atoms with Crippen molar-refractivity contribution in [1.29, 1.82) is 0 Å². The Morgan fingerprint density at radius 3 is 1.70 bits per heavy atom. The van der Waals surface area contributed by atoms with Crippen molar-refractivity contribution in [3.63, 3.8) is 0 Å². The first-order chi connectivity index (χ1) is 18.8. The number of nitrogens with zero attached hydrogens (tertiary/aromatic N) is 5. The molecule has 0 spiro atoms. The molecule has 0 bridgehead atoms. The van der Waals surface area contributed by atoms with Crippen molar-refractivity contribution in [2.45, 2.75) is 32.6 Å². The first-order valence-corrected chi connectivity index (χ1v) is 11.6. The molecule has 0 saturated heterocycles. The Morgan fingerprint density at radius 1 is 0.900 bits per heavy atom. The first kappa shape index (κ1) is 38.5. The van der Waals surface area contributed by atoms with Gasteiger partial charge in [-0.2, -0.15) is 0 Å². The average Bonchev–Trinajstić information content (AvgIpc) is 3.55. The van der Waals surface area contributed by atoms with Gasteiger partial charge in [0.05, 0.1) is 13.1 Å². The van der Waals surface area contributed by atoms with Crippen LogP contribution in [0.4, 0.5) is 5.69 Å². The summed E-state index contributed by atoms with van der Waals surface area (Å²) in [4.78, 5) is 32.8. The summed E-state index contributed by atoms with van der Waals surface area (Å²) in [7, 11) is 0. The Kier molecular flexibility index (Phi) is 21.3. The van der Waals surface area contributed by atoms with Crippen LogP contribution in [0, 0.1) is 20.0 Å². The van der Waals surface area contributed by atoms with Crippen LogP contribution >= 0.6 is 0 Å². The fourth-order valence-corrected chi connectivity index (χ4v) is 3.63. The van der Waals surface area contributed by atoms with E-state index < -0.39 is 23.2 Å². The van der Waals surface area contributed by atoms with Crippen LogP contribution < -0.4 is 4.72 Å². The van der Waals surface area contributed by atoms with E-state index in [0.29, 0.717) is 43.4 Å². The van der Waals surface area contributed by atoms with Crippen molar-refractivity contribution in [3.8, 4) is 0 Å². The molecule has 3 aromatic rings. The molecule has 3 rings (SSSR count). The van der Waals surface area contributed by atoms with Crippen LogP contribution in [0.3, 0.4) is 0 Å². The van der Waals surface area contributed by atoms with E-state index in [2.05, 4.69) is 34.6 Å². The third-order valence-corrected chi connectivity index (χ3v) is 5.22. The van der Waals surface area contributed by atoms with Crippen LogP contribution in [0.2, 0.25) is 0 Å². The molecule has 2 aromatic heterocycles. The number of carbonyl (C=O) groups is 2. The summed E-state index contributed by atoms with van der Waals surface area (Å²) in [5.41, 5.74) is 1.42. The molecule has 2 heterocycles. The van der Waals surface area contributed by atoms with Gasteiger partial charge in [0.15, 0.2) is 0 Å². The van der Waals surface area contributed by atoms with Crippen molar-refractivity contribution >= 4 is 28.9 Å². The molecule has 0 amide bonds. The van der Waals surface area contributed by atoms with Gasteiger partial charge in [0, 0.05) is 68.7 Å². The zero-order chi connectivity index (χ0) is 29.8. The largest absolute Gasteiger partial charge is 0 e. The van der Waals surface area contributed by atoms with Crippen molar-refractivity contribution in [2.24, 2.45) is 0 Å². The van der Waals surface area contributed by atoms with Gasteiger partial charge in [0.1, 0.15) is 24.7 Å². The van der Waals surface area contributed by atoms with Gasteiger partial charge >= 0.3 is 45.8 Å². The summed E-state index contributed by atoms with van der Waals surface area (Å²) in [6, 6.07) is 6.94. The maximum atomic E-state index is 11.1. The zero-order valence-corrected chi connectivity index (χ0v) is 24.2. The third-order valence-electron chi connectivity index (χ3n) is 4.82. The van der Waals surface area contributed by atoms with Crippen molar-refractivity contribution < 1.29 is 62.9 Å². The van der Waals surface area contributed by atoms with Crippen LogP contribution in [0.15, 0.2) is 49.1 Å². The average molecular weight is 746 g/mol. The molecule has 1 atom stereocenters. The molecule has 213 valence electrons. The molecular formula is C23H23N6O9ReS-. The van der Waals surface area contributed by atoms with E-state index in [1.807, 2.05) is 17.0 Å². The summed E-state index contributed by atoms with van der Waals surface area (Å²) in [6.45, 7) is 14.3. The number of aliphatic carboxylic acids is 2. The quantitative estimate of drug-likeness (QED) is 0.126. The molecule has 1 radical (unpaired) electrons. The molecule has 17 heteroatoms. The summed E-state index contributed by atoms with van der Waals surface area (Å²) >= 11 is -2.40. The molecular weight excluding hydrogens is 723 g/mol. The normalized spacial score (nSPS) is 10.1. The fraction of sp³-hybridized carbons (Fsp3) is 0.261. The monoisotopic (exact) mass is 746 g/mol. The Morgan fingerprint density at radius 2 is 1.32 bits per heavy atom. The number of nitrogens with one attached hydrogen (secondary N) is 1. The van der Waals surface area contributed by atoms with E-state index in [1.54, 1.807) is 33.7 Å². The molecule has 40 heavy (non-hydrogen) atoms. The van der Waals surface area contributed by atoms with Gasteiger partial charge in [-0.1, -0.05) is 12.1 Å². The zero-order valence-electron chi connectivity index (χ0n) is 20.6. The summed E-state index contributed by atoms with van der Waals surface area (Å²) in [6.07, 6.45) is 6.87. The number of carboxylic acid groups (broad SMARTS) is 2. The van der Waals surface area contributed by atoms with Crippen LogP contribution in [0.1, 0.15) is 17.2 Å². The van der Waals surface area contributed by atoms with Gasteiger partial charge in [-0.15, -0.1) is 0 Å². The van der Waals surface area contributed by atoms with E-state index in [0.717, 1.165) is 5.56 Å². The molecule has 0 aliphatic carbocycles. The van der Waals surface area contributed by atoms with Crippen molar-refractivity contribution in [1.82, 2.24) is 24.0 Å². The van der Waals surface area contributed by atoms with E-state index in [-0.39, 0.29) is 33.5 Å². The number of aromatic nitrogens is 4. The molecule has 15 nitrogen and oxygen atoms in total. The Hall–Kier alpha value is -3.67. The van der Waals surface area contributed by atoms with Gasteiger partial charge in [-0.05, 0) is 24.1 Å². The molecule has 0 saturated carbocycles. The second-order valence-electron chi connectivity index (χ2n) is 7.22. The fourth-order valence-electron chi connectivity index (χ4n) is 3.30. The van der Waals surface area contributed by atoms with Gasteiger partial charge in [-0.3, -0.25) is 18.7 Å². The van der Waals surface area contributed by atoms with E-state index in [1.165, 1.54) is 12.4 Å². The predicted octanol–water partition coefficient (Wildman–Crippen LogP) is 0.585. The first-order valence-electron chi connectivity index (χ1n) is 10.5. The number of hydrogen-bond acceptors (Lipinski definition) is 7. The number of anilines is 1. The van der Waals surface area contributed by atoms with Crippen LogP contribution in [0.5, 0.6) is 0 Å². The van der Waals surface area contributed by atoms with Crippen LogP contribution in [-0.2, 0) is 87.8 Å². The minimum Gasteiger partial charge on any atom is 0 e. The molecule has 0 aliphatic heterocycles. The number of imidazole rings is 2. The topological polar surface area (TPSA) is 225 Å². The molecule has 1 aromatic carbocycles. The van der Waals surface area contributed by atoms with E-state index >= 15 is 0 Å².